The molecular weight excluding hydrogens is 248 g/mol. The van der Waals surface area contributed by atoms with Crippen molar-refractivity contribution in [3.63, 3.8) is 0 Å². The van der Waals surface area contributed by atoms with Crippen molar-refractivity contribution < 1.29 is 4.79 Å². The third-order valence-corrected chi connectivity index (χ3v) is 3.69. The molecule has 1 atom stereocenters. The van der Waals surface area contributed by atoms with Gasteiger partial charge in [0.1, 0.15) is 10.8 Å². The average Bonchev–Trinajstić information content (AvgIpc) is 2.91. The van der Waals surface area contributed by atoms with E-state index in [4.69, 9.17) is 5.73 Å². The van der Waals surface area contributed by atoms with Gasteiger partial charge >= 0.3 is 0 Å². The lowest BCUT2D eigenvalue weighted by atomic mass is 10.2. The lowest BCUT2D eigenvalue weighted by Crippen LogP contribution is -2.29. The van der Waals surface area contributed by atoms with E-state index in [-0.39, 0.29) is 11.9 Å². The van der Waals surface area contributed by atoms with Crippen LogP contribution < -0.4 is 5.73 Å². The summed E-state index contributed by atoms with van der Waals surface area (Å²) >= 11 is 1.53. The van der Waals surface area contributed by atoms with Crippen LogP contribution in [0.5, 0.6) is 0 Å². The molecule has 0 bridgehead atoms. The monoisotopic (exact) mass is 262 g/mol. The number of pyridine rings is 1. The lowest BCUT2D eigenvalue weighted by Gasteiger charge is -2.23. The van der Waals surface area contributed by atoms with Gasteiger partial charge in [-0.05, 0) is 19.1 Å². The summed E-state index contributed by atoms with van der Waals surface area (Å²) in [5, 5.41) is 2.81. The largest absolute Gasteiger partial charge is 0.384 e. The van der Waals surface area contributed by atoms with Crippen molar-refractivity contribution in [3.05, 3.63) is 40.5 Å². The topological polar surface area (TPSA) is 72.1 Å². The molecular formula is C12H14N4OS. The first-order valence-corrected chi connectivity index (χ1v) is 6.35. The molecule has 1 unspecified atom stereocenters. The number of carbonyl (C=O) groups excluding carboxylic acids is 1. The van der Waals surface area contributed by atoms with E-state index >= 15 is 0 Å². The third-order valence-electron chi connectivity index (χ3n) is 2.74. The van der Waals surface area contributed by atoms with Crippen LogP contribution in [0.3, 0.4) is 0 Å². The highest BCUT2D eigenvalue weighted by molar-refractivity contribution is 7.09. The maximum atomic E-state index is 12.2. The minimum atomic E-state index is -0.0924. The lowest BCUT2D eigenvalue weighted by molar-refractivity contribution is 0.0742. The Hall–Kier alpha value is -1.95. The van der Waals surface area contributed by atoms with Gasteiger partial charge in [0.05, 0.1) is 11.6 Å². The van der Waals surface area contributed by atoms with E-state index in [0.717, 1.165) is 5.01 Å². The van der Waals surface area contributed by atoms with Crippen LogP contribution in [0.2, 0.25) is 0 Å². The van der Waals surface area contributed by atoms with Gasteiger partial charge in [0.2, 0.25) is 0 Å². The summed E-state index contributed by atoms with van der Waals surface area (Å²) in [7, 11) is 1.75. The molecule has 18 heavy (non-hydrogen) atoms. The molecule has 0 aliphatic carbocycles. The first-order chi connectivity index (χ1) is 8.59. The predicted molar refractivity (Wildman–Crippen MR) is 71.3 cm³/mol. The van der Waals surface area contributed by atoms with Gasteiger partial charge in [0, 0.05) is 24.8 Å². The number of hydrogen-bond donors (Lipinski definition) is 1. The van der Waals surface area contributed by atoms with Gasteiger partial charge < -0.3 is 10.6 Å². The van der Waals surface area contributed by atoms with Gasteiger partial charge in [-0.25, -0.2) is 9.97 Å². The number of amides is 1. The zero-order chi connectivity index (χ0) is 13.1. The number of thiazole rings is 1. The molecule has 2 aromatic heterocycles. The molecule has 5 nitrogen and oxygen atoms in total. The molecule has 2 N–H and O–H groups in total. The fourth-order valence-electron chi connectivity index (χ4n) is 1.52. The predicted octanol–water partition coefficient (Wildman–Crippen LogP) is 1.95. The van der Waals surface area contributed by atoms with Gasteiger partial charge in [-0.2, -0.15) is 0 Å². The summed E-state index contributed by atoms with van der Waals surface area (Å²) in [5.41, 5.74) is 6.02. The first kappa shape index (κ1) is 12.5. The standard InChI is InChI=1S/C12H14N4OS/c1-8(11-14-5-6-18-11)16(2)12(17)9-3-4-10(13)15-7-9/h3-8H,1-2H3,(H2,13,15). The van der Waals surface area contributed by atoms with Crippen molar-refractivity contribution in [1.29, 1.82) is 0 Å². The fraction of sp³-hybridized carbons (Fsp3) is 0.250. The number of aromatic nitrogens is 2. The minimum Gasteiger partial charge on any atom is -0.384 e. The van der Waals surface area contributed by atoms with E-state index in [1.54, 1.807) is 30.3 Å². The molecule has 0 aromatic carbocycles. The summed E-state index contributed by atoms with van der Waals surface area (Å²) in [6.45, 7) is 1.95. The van der Waals surface area contributed by atoms with Crippen LogP contribution in [0.25, 0.3) is 0 Å². The Balaban J connectivity index is 2.16. The van der Waals surface area contributed by atoms with Crippen LogP contribution in [-0.4, -0.2) is 27.8 Å². The van der Waals surface area contributed by atoms with Crippen molar-refractivity contribution in [2.75, 3.05) is 12.8 Å². The second-order valence-corrected chi connectivity index (χ2v) is 4.86. The van der Waals surface area contributed by atoms with Crippen molar-refractivity contribution in [3.8, 4) is 0 Å². The summed E-state index contributed by atoms with van der Waals surface area (Å²) in [6.07, 6.45) is 3.22. The molecule has 0 fully saturated rings. The van der Waals surface area contributed by atoms with Crippen molar-refractivity contribution in [2.24, 2.45) is 0 Å². The summed E-state index contributed by atoms with van der Waals surface area (Å²) in [6, 6.07) is 3.24. The molecule has 0 saturated carbocycles. The molecule has 0 aliphatic rings. The Labute approximate surface area is 109 Å². The van der Waals surface area contributed by atoms with Gasteiger partial charge in [0.25, 0.3) is 5.91 Å². The quantitative estimate of drug-likeness (QED) is 0.917. The van der Waals surface area contributed by atoms with Crippen LogP contribution in [0.4, 0.5) is 5.82 Å². The van der Waals surface area contributed by atoms with E-state index in [2.05, 4.69) is 9.97 Å². The number of rotatable bonds is 3. The molecule has 0 aliphatic heterocycles. The van der Waals surface area contributed by atoms with Crippen LogP contribution >= 0.6 is 11.3 Å². The van der Waals surface area contributed by atoms with E-state index in [0.29, 0.717) is 11.4 Å². The highest BCUT2D eigenvalue weighted by atomic mass is 32.1. The van der Waals surface area contributed by atoms with Crippen LogP contribution in [0.1, 0.15) is 28.3 Å². The highest BCUT2D eigenvalue weighted by Gasteiger charge is 2.20. The number of hydrogen-bond acceptors (Lipinski definition) is 5. The Morgan fingerprint density at radius 1 is 1.44 bits per heavy atom. The second kappa shape index (κ2) is 5.14. The van der Waals surface area contributed by atoms with Crippen molar-refractivity contribution >= 4 is 23.1 Å². The van der Waals surface area contributed by atoms with Crippen molar-refractivity contribution in [2.45, 2.75) is 13.0 Å². The molecule has 94 valence electrons. The zero-order valence-corrected chi connectivity index (χ0v) is 11.0. The number of carbonyl (C=O) groups is 1. The molecule has 2 aromatic rings. The number of nitrogen functional groups attached to an aromatic ring is 1. The fourth-order valence-corrected chi connectivity index (χ4v) is 2.26. The minimum absolute atomic E-state index is 0.0601. The zero-order valence-electron chi connectivity index (χ0n) is 10.2. The van der Waals surface area contributed by atoms with E-state index < -0.39 is 0 Å². The molecule has 0 saturated heterocycles. The second-order valence-electron chi connectivity index (χ2n) is 3.93. The normalized spacial score (nSPS) is 12.1. The Morgan fingerprint density at radius 2 is 2.22 bits per heavy atom. The van der Waals surface area contributed by atoms with E-state index in [1.807, 2.05) is 12.3 Å². The summed E-state index contributed by atoms with van der Waals surface area (Å²) in [4.78, 5) is 22.0. The average molecular weight is 262 g/mol. The van der Waals surface area contributed by atoms with Gasteiger partial charge in [-0.3, -0.25) is 4.79 Å². The van der Waals surface area contributed by atoms with Gasteiger partial charge in [-0.15, -0.1) is 11.3 Å². The molecule has 1 amide bonds. The molecule has 0 radical (unpaired) electrons. The maximum Gasteiger partial charge on any atom is 0.255 e. The first-order valence-electron chi connectivity index (χ1n) is 5.47. The van der Waals surface area contributed by atoms with E-state index in [9.17, 15) is 4.79 Å². The van der Waals surface area contributed by atoms with Gasteiger partial charge in [0.15, 0.2) is 0 Å². The highest BCUT2D eigenvalue weighted by Crippen LogP contribution is 2.22. The van der Waals surface area contributed by atoms with Gasteiger partial charge in [-0.1, -0.05) is 0 Å². The number of nitrogens with two attached hydrogens (primary N) is 1. The molecule has 6 heteroatoms. The third kappa shape index (κ3) is 2.48. The Kier molecular flexibility index (Phi) is 3.57. The van der Waals surface area contributed by atoms with E-state index in [1.165, 1.54) is 17.5 Å². The number of nitrogens with zero attached hydrogens (tertiary/aromatic N) is 3. The Bertz CT molecular complexity index is 524. The smallest absolute Gasteiger partial charge is 0.255 e. The number of anilines is 1. The van der Waals surface area contributed by atoms with Crippen LogP contribution in [0, 0.1) is 0 Å². The SMILES string of the molecule is CC(c1nccs1)N(C)C(=O)c1ccc(N)nc1. The maximum absolute atomic E-state index is 12.2. The van der Waals surface area contributed by atoms with Crippen molar-refractivity contribution in [1.82, 2.24) is 14.9 Å². The van der Waals surface area contributed by atoms with Crippen LogP contribution in [-0.2, 0) is 0 Å². The van der Waals surface area contributed by atoms with Crippen LogP contribution in [0.15, 0.2) is 29.9 Å². The summed E-state index contributed by atoms with van der Waals surface area (Å²) in [5.74, 6) is 0.312. The Morgan fingerprint density at radius 3 is 2.78 bits per heavy atom. The molecule has 2 rings (SSSR count). The summed E-state index contributed by atoms with van der Waals surface area (Å²) < 4.78 is 0. The molecule has 2 heterocycles. The molecule has 0 spiro atoms.